The van der Waals surface area contributed by atoms with Crippen molar-refractivity contribution in [1.82, 2.24) is 4.90 Å². The summed E-state index contributed by atoms with van der Waals surface area (Å²) in [5.41, 5.74) is 1.35. The maximum Gasteiger partial charge on any atom is 0.192 e. The summed E-state index contributed by atoms with van der Waals surface area (Å²) in [6, 6.07) is 11.1. The first kappa shape index (κ1) is 18.0. The highest BCUT2D eigenvalue weighted by atomic mass is 35.5. The molecule has 1 aliphatic rings. The zero-order valence-corrected chi connectivity index (χ0v) is 16.4. The summed E-state index contributed by atoms with van der Waals surface area (Å²) in [6.07, 6.45) is 1.39. The Hall–Kier alpha value is -0.353. The molecule has 0 radical (unpaired) electrons. The van der Waals surface area contributed by atoms with Crippen molar-refractivity contribution in [2.75, 3.05) is 12.4 Å². The molecule has 1 heterocycles. The van der Waals surface area contributed by atoms with Gasteiger partial charge in [-0.25, -0.2) is 0 Å². The number of likely N-dealkylation sites (tertiary alicyclic amines) is 1. The van der Waals surface area contributed by atoms with Crippen LogP contribution in [0.25, 0.3) is 0 Å². The van der Waals surface area contributed by atoms with Crippen LogP contribution in [0, 0.1) is 0 Å². The van der Waals surface area contributed by atoms with Gasteiger partial charge in [0.1, 0.15) is 0 Å². The molecule has 0 unspecified atom stereocenters. The second-order valence-electron chi connectivity index (χ2n) is 7.96. The van der Waals surface area contributed by atoms with Crippen molar-refractivity contribution in [2.24, 2.45) is 0 Å². The summed E-state index contributed by atoms with van der Waals surface area (Å²) in [5, 5.41) is 0.260. The third kappa shape index (κ3) is 4.35. The molecule has 0 N–H and O–H groups in total. The fourth-order valence-electron chi connectivity index (χ4n) is 2.79. The van der Waals surface area contributed by atoms with Crippen LogP contribution in [0.2, 0.25) is 18.1 Å². The van der Waals surface area contributed by atoms with Gasteiger partial charge < -0.3 is 4.43 Å². The molecule has 0 spiro atoms. The molecular formula is C18H30ClNOSi. The maximum atomic E-state index is 6.60. The van der Waals surface area contributed by atoms with Gasteiger partial charge >= 0.3 is 0 Å². The molecule has 2 nitrogen and oxygen atoms in total. The summed E-state index contributed by atoms with van der Waals surface area (Å²) in [6.45, 7) is 13.5. The van der Waals surface area contributed by atoms with E-state index in [2.05, 4.69) is 69.1 Å². The van der Waals surface area contributed by atoms with Gasteiger partial charge in [-0.1, -0.05) is 51.1 Å². The highest BCUT2D eigenvalue weighted by Crippen LogP contribution is 2.39. The van der Waals surface area contributed by atoms with Crippen molar-refractivity contribution in [1.29, 1.82) is 0 Å². The summed E-state index contributed by atoms with van der Waals surface area (Å²) in [4.78, 5) is 2.49. The van der Waals surface area contributed by atoms with Crippen LogP contribution in [0.5, 0.6) is 0 Å². The van der Waals surface area contributed by atoms with Crippen molar-refractivity contribution >= 4 is 19.9 Å². The molecule has 0 bridgehead atoms. The van der Waals surface area contributed by atoms with Crippen LogP contribution in [-0.4, -0.2) is 37.8 Å². The van der Waals surface area contributed by atoms with Crippen LogP contribution in [0.15, 0.2) is 30.3 Å². The Kier molecular flexibility index (Phi) is 5.76. The van der Waals surface area contributed by atoms with Crippen LogP contribution >= 0.6 is 11.6 Å². The van der Waals surface area contributed by atoms with Gasteiger partial charge in [0.05, 0.1) is 6.10 Å². The van der Waals surface area contributed by atoms with Gasteiger partial charge in [-0.3, -0.25) is 4.90 Å². The number of rotatable bonds is 5. The molecule has 4 heteroatoms. The molecule has 1 saturated heterocycles. The highest BCUT2D eigenvalue weighted by Gasteiger charge is 2.42. The number of hydrogen-bond acceptors (Lipinski definition) is 2. The minimum absolute atomic E-state index is 0.260. The number of halogens is 1. The average Bonchev–Trinajstić information content (AvgIpc) is 2.79. The Morgan fingerprint density at radius 3 is 2.41 bits per heavy atom. The lowest BCUT2D eigenvalue weighted by molar-refractivity contribution is 0.178. The summed E-state index contributed by atoms with van der Waals surface area (Å²) in [5.74, 6) is 0.685. The van der Waals surface area contributed by atoms with E-state index >= 15 is 0 Å². The monoisotopic (exact) mass is 339 g/mol. The summed E-state index contributed by atoms with van der Waals surface area (Å²) < 4.78 is 6.60. The topological polar surface area (TPSA) is 12.5 Å². The molecule has 1 aromatic carbocycles. The maximum absolute atomic E-state index is 6.60. The van der Waals surface area contributed by atoms with Crippen molar-refractivity contribution < 1.29 is 4.43 Å². The van der Waals surface area contributed by atoms with Gasteiger partial charge in [-0.05, 0) is 30.1 Å². The van der Waals surface area contributed by atoms with E-state index in [0.717, 1.165) is 19.5 Å². The Labute approximate surface area is 141 Å². The van der Waals surface area contributed by atoms with E-state index in [1.807, 2.05) is 0 Å². The van der Waals surface area contributed by atoms with Gasteiger partial charge in [0.2, 0.25) is 0 Å². The molecule has 0 saturated carbocycles. The lowest BCUT2D eigenvalue weighted by Gasteiger charge is -2.38. The standard InChI is InChI=1S/C18H30ClNOSi/c1-18(2,3)22(4,5)21-17-11-16(12-19)20(14-17)13-15-9-7-6-8-10-15/h6-10,16-17H,11-14H2,1-5H3/t16-,17+/m0/s1. The SMILES string of the molecule is CC(C)(C)[Si](C)(C)O[C@@H]1C[C@@H](CCl)N(Cc2ccccc2)C1. The first-order valence-corrected chi connectivity index (χ1v) is 11.7. The normalized spacial score (nSPS) is 23.9. The second-order valence-corrected chi connectivity index (χ2v) is 13.0. The van der Waals surface area contributed by atoms with E-state index in [1.165, 1.54) is 5.56 Å². The number of alkyl halides is 1. The van der Waals surface area contributed by atoms with Crippen LogP contribution < -0.4 is 0 Å². The fraction of sp³-hybridized carbons (Fsp3) is 0.667. The molecule has 0 amide bonds. The third-order valence-electron chi connectivity index (χ3n) is 5.16. The van der Waals surface area contributed by atoms with Crippen LogP contribution in [-0.2, 0) is 11.0 Å². The molecular weight excluding hydrogens is 310 g/mol. The quantitative estimate of drug-likeness (QED) is 0.559. The lowest BCUT2D eigenvalue weighted by atomic mass is 10.2. The number of hydrogen-bond donors (Lipinski definition) is 0. The highest BCUT2D eigenvalue weighted by molar-refractivity contribution is 6.74. The van der Waals surface area contributed by atoms with Crippen LogP contribution in [0.4, 0.5) is 0 Å². The van der Waals surface area contributed by atoms with Gasteiger partial charge in [0.15, 0.2) is 8.32 Å². The molecule has 2 atom stereocenters. The largest absolute Gasteiger partial charge is 0.413 e. The van der Waals surface area contributed by atoms with Crippen molar-refractivity contribution in [3.05, 3.63) is 35.9 Å². The predicted octanol–water partition coefficient (Wildman–Crippen LogP) is 4.89. The number of benzene rings is 1. The van der Waals surface area contributed by atoms with Gasteiger partial charge in [-0.15, -0.1) is 11.6 Å². The van der Waals surface area contributed by atoms with E-state index in [1.54, 1.807) is 0 Å². The molecule has 2 rings (SSSR count). The summed E-state index contributed by atoms with van der Waals surface area (Å²) in [7, 11) is -1.70. The number of nitrogens with zero attached hydrogens (tertiary/aromatic N) is 1. The van der Waals surface area contributed by atoms with E-state index < -0.39 is 8.32 Å². The van der Waals surface area contributed by atoms with Crippen molar-refractivity contribution in [3.63, 3.8) is 0 Å². The Morgan fingerprint density at radius 2 is 1.86 bits per heavy atom. The van der Waals surface area contributed by atoms with Gasteiger partial charge in [0, 0.05) is 25.0 Å². The van der Waals surface area contributed by atoms with E-state index in [4.69, 9.17) is 16.0 Å². The van der Waals surface area contributed by atoms with Crippen molar-refractivity contribution in [3.8, 4) is 0 Å². The zero-order valence-electron chi connectivity index (χ0n) is 14.6. The smallest absolute Gasteiger partial charge is 0.192 e. The van der Waals surface area contributed by atoms with Crippen molar-refractivity contribution in [2.45, 2.75) is 64.0 Å². The Balaban J connectivity index is 2.00. The minimum atomic E-state index is -1.70. The molecule has 1 aromatic rings. The zero-order chi connectivity index (χ0) is 16.4. The second kappa shape index (κ2) is 7.04. The van der Waals surface area contributed by atoms with E-state index in [0.29, 0.717) is 18.0 Å². The molecule has 1 fully saturated rings. The van der Waals surface area contributed by atoms with E-state index in [-0.39, 0.29) is 5.04 Å². The Bertz CT molecular complexity index is 472. The van der Waals surface area contributed by atoms with E-state index in [9.17, 15) is 0 Å². The van der Waals surface area contributed by atoms with Crippen LogP contribution in [0.1, 0.15) is 32.8 Å². The molecule has 22 heavy (non-hydrogen) atoms. The average molecular weight is 340 g/mol. The third-order valence-corrected chi connectivity index (χ3v) is 10.1. The van der Waals surface area contributed by atoms with Crippen LogP contribution in [0.3, 0.4) is 0 Å². The molecule has 0 aliphatic carbocycles. The Morgan fingerprint density at radius 1 is 1.23 bits per heavy atom. The van der Waals surface area contributed by atoms with Gasteiger partial charge in [0.25, 0.3) is 0 Å². The fourth-order valence-corrected chi connectivity index (χ4v) is 4.47. The predicted molar refractivity (Wildman–Crippen MR) is 98.0 cm³/mol. The molecule has 0 aromatic heterocycles. The minimum Gasteiger partial charge on any atom is -0.413 e. The molecule has 124 valence electrons. The first-order chi connectivity index (χ1) is 10.2. The first-order valence-electron chi connectivity index (χ1n) is 8.24. The van der Waals surface area contributed by atoms with Gasteiger partial charge in [-0.2, -0.15) is 0 Å². The summed E-state index contributed by atoms with van der Waals surface area (Å²) >= 11 is 6.21. The molecule has 1 aliphatic heterocycles. The lowest BCUT2D eigenvalue weighted by Crippen LogP contribution is -2.44.